The van der Waals surface area contributed by atoms with E-state index in [1.54, 1.807) is 0 Å². The lowest BCUT2D eigenvalue weighted by atomic mass is 10.0. The van der Waals surface area contributed by atoms with Crippen LogP contribution in [0.15, 0.2) is 121 Å². The molecule has 1 heterocycles. The van der Waals surface area contributed by atoms with E-state index in [0.29, 0.717) is 31.8 Å². The first-order valence-corrected chi connectivity index (χ1v) is 16.4. The summed E-state index contributed by atoms with van der Waals surface area (Å²) in [6, 6.07) is 39.3. The Bertz CT molecular complexity index is 1810. The van der Waals surface area contributed by atoms with Crippen molar-refractivity contribution in [3.05, 3.63) is 149 Å². The van der Waals surface area contributed by atoms with Crippen LogP contribution in [-0.4, -0.2) is 43.0 Å². The molecule has 0 aliphatic carbocycles. The number of piperidine rings is 1. The van der Waals surface area contributed by atoms with Crippen LogP contribution in [0.4, 0.5) is 5.69 Å². The van der Waals surface area contributed by atoms with Gasteiger partial charge >= 0.3 is 0 Å². The molecule has 0 bridgehead atoms. The second kappa shape index (κ2) is 15.4. The molecular formula is C41H41N3O4. The van der Waals surface area contributed by atoms with Gasteiger partial charge in [-0.2, -0.15) is 0 Å². The van der Waals surface area contributed by atoms with Crippen molar-refractivity contribution in [2.45, 2.75) is 39.0 Å². The Morgan fingerprint density at radius 2 is 1.35 bits per heavy atom. The van der Waals surface area contributed by atoms with Crippen molar-refractivity contribution < 1.29 is 19.1 Å². The summed E-state index contributed by atoms with van der Waals surface area (Å²) in [6.07, 6.45) is 1.71. The number of anilines is 1. The fourth-order valence-electron chi connectivity index (χ4n) is 5.76. The molecule has 0 aromatic heterocycles. The van der Waals surface area contributed by atoms with Crippen LogP contribution in [0.1, 0.15) is 50.2 Å². The van der Waals surface area contributed by atoms with Gasteiger partial charge in [0.15, 0.2) is 0 Å². The molecule has 0 radical (unpaired) electrons. The van der Waals surface area contributed by atoms with Gasteiger partial charge in [-0.1, -0.05) is 66.2 Å². The van der Waals surface area contributed by atoms with Crippen molar-refractivity contribution in [1.29, 1.82) is 0 Å². The largest absolute Gasteiger partial charge is 0.490 e. The molecule has 1 aliphatic heterocycles. The number of hydrogen-bond donors (Lipinski definition) is 2. The Morgan fingerprint density at radius 1 is 0.729 bits per heavy atom. The SMILES string of the molecule is CNc1cccc(CNC(=O)c2ccc(-c3ccc(OCc4ccc(OC5CCN(C(=O)c6ccc(C)cc6)CC5)cc4)cc3)cc2)c1. The summed E-state index contributed by atoms with van der Waals surface area (Å²) in [7, 11) is 1.88. The third kappa shape index (κ3) is 8.42. The van der Waals surface area contributed by atoms with Gasteiger partial charge in [-0.05, 0) is 89.8 Å². The number of nitrogens with zero attached hydrogens (tertiary/aromatic N) is 1. The highest BCUT2D eigenvalue weighted by molar-refractivity contribution is 5.95. The summed E-state index contributed by atoms with van der Waals surface area (Å²) >= 11 is 0. The quantitative estimate of drug-likeness (QED) is 0.154. The Kier molecular flexibility index (Phi) is 10.4. The Hall–Kier alpha value is -5.56. The highest BCUT2D eigenvalue weighted by Gasteiger charge is 2.24. The zero-order valence-corrected chi connectivity index (χ0v) is 27.4. The summed E-state index contributed by atoms with van der Waals surface area (Å²) in [5, 5.41) is 6.10. The number of aryl methyl sites for hydroxylation is 1. The van der Waals surface area contributed by atoms with Crippen LogP contribution in [0.25, 0.3) is 11.1 Å². The molecule has 244 valence electrons. The van der Waals surface area contributed by atoms with Gasteiger partial charge in [0.05, 0.1) is 0 Å². The molecule has 1 saturated heterocycles. The van der Waals surface area contributed by atoms with Gasteiger partial charge in [0, 0.05) is 56.3 Å². The smallest absolute Gasteiger partial charge is 0.253 e. The normalized spacial score (nSPS) is 13.1. The van der Waals surface area contributed by atoms with Crippen molar-refractivity contribution in [3.8, 4) is 22.6 Å². The first-order valence-electron chi connectivity index (χ1n) is 16.4. The predicted molar refractivity (Wildman–Crippen MR) is 191 cm³/mol. The van der Waals surface area contributed by atoms with Gasteiger partial charge in [-0.15, -0.1) is 0 Å². The molecule has 0 unspecified atom stereocenters. The minimum atomic E-state index is -0.104. The summed E-state index contributed by atoms with van der Waals surface area (Å²) in [5.74, 6) is 1.59. The maximum absolute atomic E-state index is 12.8. The molecule has 2 amide bonds. The van der Waals surface area contributed by atoms with Crippen LogP contribution < -0.4 is 20.1 Å². The van der Waals surface area contributed by atoms with Gasteiger partial charge in [0.2, 0.25) is 0 Å². The van der Waals surface area contributed by atoms with Gasteiger partial charge in [-0.25, -0.2) is 0 Å². The summed E-state index contributed by atoms with van der Waals surface area (Å²) in [6.45, 7) is 4.32. The van der Waals surface area contributed by atoms with Crippen LogP contribution in [0.3, 0.4) is 0 Å². The van der Waals surface area contributed by atoms with Crippen molar-refractivity contribution in [3.63, 3.8) is 0 Å². The van der Waals surface area contributed by atoms with Crippen LogP contribution in [0.2, 0.25) is 0 Å². The molecule has 1 fully saturated rings. The second-order valence-corrected chi connectivity index (χ2v) is 12.1. The molecule has 2 N–H and O–H groups in total. The lowest BCUT2D eigenvalue weighted by molar-refractivity contribution is 0.0595. The van der Waals surface area contributed by atoms with E-state index in [1.807, 2.05) is 140 Å². The van der Waals surface area contributed by atoms with E-state index < -0.39 is 0 Å². The number of carbonyl (C=O) groups is 2. The van der Waals surface area contributed by atoms with E-state index >= 15 is 0 Å². The molecule has 7 nitrogen and oxygen atoms in total. The zero-order valence-electron chi connectivity index (χ0n) is 27.4. The fourth-order valence-corrected chi connectivity index (χ4v) is 5.76. The lowest BCUT2D eigenvalue weighted by Crippen LogP contribution is -2.41. The van der Waals surface area contributed by atoms with E-state index in [4.69, 9.17) is 9.47 Å². The standard InChI is InChI=1S/C41H41N3O4/c1-29-6-10-35(11-7-29)41(46)44-24-22-39(23-25-44)48-38-18-8-30(9-19-38)28-47-37-20-16-33(17-21-37)32-12-14-34(15-13-32)40(45)43-27-31-4-3-5-36(26-31)42-2/h3-21,26,39,42H,22-25,27-28H2,1-2H3,(H,43,45). The topological polar surface area (TPSA) is 79.9 Å². The van der Waals surface area contributed by atoms with Crippen molar-refractivity contribution in [2.75, 3.05) is 25.5 Å². The van der Waals surface area contributed by atoms with Crippen molar-refractivity contribution >= 4 is 17.5 Å². The van der Waals surface area contributed by atoms with E-state index in [1.165, 1.54) is 0 Å². The van der Waals surface area contributed by atoms with Crippen LogP contribution in [0, 0.1) is 6.92 Å². The Morgan fingerprint density at radius 3 is 2.02 bits per heavy atom. The van der Waals surface area contributed by atoms with Gasteiger partial charge < -0.3 is 25.0 Å². The number of ether oxygens (including phenoxy) is 2. The number of benzene rings is 5. The number of rotatable bonds is 11. The molecule has 6 rings (SSSR count). The fraction of sp³-hybridized carbons (Fsp3) is 0.220. The first-order chi connectivity index (χ1) is 23.4. The van der Waals surface area contributed by atoms with Crippen molar-refractivity contribution in [2.24, 2.45) is 0 Å². The molecule has 5 aromatic carbocycles. The minimum Gasteiger partial charge on any atom is -0.490 e. The second-order valence-electron chi connectivity index (χ2n) is 12.1. The average Bonchev–Trinajstić information content (AvgIpc) is 3.14. The molecule has 0 spiro atoms. The maximum Gasteiger partial charge on any atom is 0.253 e. The number of hydrogen-bond acceptors (Lipinski definition) is 5. The average molecular weight is 640 g/mol. The lowest BCUT2D eigenvalue weighted by Gasteiger charge is -2.32. The molecule has 48 heavy (non-hydrogen) atoms. The maximum atomic E-state index is 12.8. The number of likely N-dealkylation sites (tertiary alicyclic amines) is 1. The Labute approximate surface area is 282 Å². The molecule has 0 saturated carbocycles. The monoisotopic (exact) mass is 639 g/mol. The van der Waals surface area contributed by atoms with Crippen molar-refractivity contribution in [1.82, 2.24) is 10.2 Å². The third-order valence-electron chi connectivity index (χ3n) is 8.66. The molecule has 7 heteroatoms. The van der Waals surface area contributed by atoms with Crippen LogP contribution in [-0.2, 0) is 13.2 Å². The zero-order chi connectivity index (χ0) is 33.3. The third-order valence-corrected chi connectivity index (χ3v) is 8.66. The number of carbonyl (C=O) groups excluding carboxylic acids is 2. The summed E-state index contributed by atoms with van der Waals surface area (Å²) < 4.78 is 12.3. The highest BCUT2D eigenvalue weighted by atomic mass is 16.5. The first kappa shape index (κ1) is 32.4. The summed E-state index contributed by atoms with van der Waals surface area (Å²) in [5.41, 5.74) is 7.69. The molecule has 0 atom stereocenters. The highest BCUT2D eigenvalue weighted by Crippen LogP contribution is 2.25. The molecular weight excluding hydrogens is 598 g/mol. The predicted octanol–water partition coefficient (Wildman–Crippen LogP) is 7.90. The minimum absolute atomic E-state index is 0.0890. The van der Waals surface area contributed by atoms with E-state index in [-0.39, 0.29) is 17.9 Å². The van der Waals surface area contributed by atoms with E-state index in [0.717, 1.165) is 63.4 Å². The number of nitrogens with one attached hydrogen (secondary N) is 2. The number of amides is 2. The van der Waals surface area contributed by atoms with Crippen LogP contribution in [0.5, 0.6) is 11.5 Å². The summed E-state index contributed by atoms with van der Waals surface area (Å²) in [4.78, 5) is 27.4. The molecule has 5 aromatic rings. The van der Waals surface area contributed by atoms with Gasteiger partial charge in [-0.3, -0.25) is 9.59 Å². The van der Waals surface area contributed by atoms with Gasteiger partial charge in [0.1, 0.15) is 24.2 Å². The van der Waals surface area contributed by atoms with E-state index in [9.17, 15) is 9.59 Å². The molecule has 1 aliphatic rings. The van der Waals surface area contributed by atoms with Gasteiger partial charge in [0.25, 0.3) is 11.8 Å². The van der Waals surface area contributed by atoms with E-state index in [2.05, 4.69) is 10.6 Å². The Balaban J connectivity index is 0.936. The van der Waals surface area contributed by atoms with Crippen LogP contribution >= 0.6 is 0 Å².